The van der Waals surface area contributed by atoms with Crippen molar-refractivity contribution in [2.75, 3.05) is 18.0 Å². The molecule has 0 spiro atoms. The van der Waals surface area contributed by atoms with Crippen LogP contribution in [0.2, 0.25) is 0 Å². The molecule has 2 heterocycles. The SMILES string of the molecule is O=C(NCCc1ccccc1)[C@H]1CN(C(=O)Cc2cccs2)c2ccccc2O1. The lowest BCUT2D eigenvalue weighted by molar-refractivity contribution is -0.128. The topological polar surface area (TPSA) is 58.6 Å². The summed E-state index contributed by atoms with van der Waals surface area (Å²) in [7, 11) is 0. The van der Waals surface area contributed by atoms with Gasteiger partial charge in [0.25, 0.3) is 5.91 Å². The standard InChI is InChI=1S/C23H22N2O3S/c26-22(15-18-9-6-14-29-18)25-16-21(28-20-11-5-4-10-19(20)25)23(27)24-13-12-17-7-2-1-3-8-17/h1-11,14,21H,12-13,15-16H2,(H,24,27)/t21-/m1/s1. The molecule has 0 bridgehead atoms. The zero-order valence-corrected chi connectivity index (χ0v) is 16.7. The summed E-state index contributed by atoms with van der Waals surface area (Å²) in [6.45, 7) is 0.728. The molecule has 29 heavy (non-hydrogen) atoms. The van der Waals surface area contributed by atoms with E-state index < -0.39 is 6.10 Å². The number of fused-ring (bicyclic) bond motifs is 1. The van der Waals surface area contributed by atoms with Gasteiger partial charge in [0, 0.05) is 11.4 Å². The zero-order chi connectivity index (χ0) is 20.1. The van der Waals surface area contributed by atoms with Crippen LogP contribution in [0, 0.1) is 0 Å². The maximum absolute atomic E-state index is 12.9. The van der Waals surface area contributed by atoms with Crippen molar-refractivity contribution in [1.82, 2.24) is 5.32 Å². The van der Waals surface area contributed by atoms with Crippen molar-refractivity contribution in [3.05, 3.63) is 82.6 Å². The first-order valence-electron chi connectivity index (χ1n) is 9.61. The quantitative estimate of drug-likeness (QED) is 0.682. The lowest BCUT2D eigenvalue weighted by atomic mass is 10.1. The Labute approximate surface area is 173 Å². The van der Waals surface area contributed by atoms with Crippen LogP contribution in [0.5, 0.6) is 5.75 Å². The number of rotatable bonds is 6. The molecule has 6 heteroatoms. The number of carbonyl (C=O) groups is 2. The van der Waals surface area contributed by atoms with Crippen LogP contribution in [0.25, 0.3) is 0 Å². The first-order valence-corrected chi connectivity index (χ1v) is 10.5. The minimum absolute atomic E-state index is 0.0368. The van der Waals surface area contributed by atoms with Gasteiger partial charge in [-0.15, -0.1) is 11.3 Å². The number of nitrogens with zero attached hydrogens (tertiary/aromatic N) is 1. The minimum atomic E-state index is -0.729. The van der Waals surface area contributed by atoms with Crippen LogP contribution in [0.4, 0.5) is 5.69 Å². The number of thiophene rings is 1. The highest BCUT2D eigenvalue weighted by Crippen LogP contribution is 2.33. The van der Waals surface area contributed by atoms with E-state index in [1.54, 1.807) is 22.3 Å². The second-order valence-electron chi connectivity index (χ2n) is 6.86. The van der Waals surface area contributed by atoms with Gasteiger partial charge >= 0.3 is 0 Å². The summed E-state index contributed by atoms with van der Waals surface area (Å²) >= 11 is 1.55. The maximum atomic E-state index is 12.9. The number of nitrogens with one attached hydrogen (secondary N) is 1. The summed E-state index contributed by atoms with van der Waals surface area (Å²) in [5, 5.41) is 4.89. The van der Waals surface area contributed by atoms with Crippen molar-refractivity contribution >= 4 is 28.8 Å². The number of benzene rings is 2. The minimum Gasteiger partial charge on any atom is -0.477 e. The molecule has 2 aromatic carbocycles. The predicted molar refractivity (Wildman–Crippen MR) is 114 cm³/mol. The molecule has 2 amide bonds. The first kappa shape index (κ1) is 19.2. The Morgan fingerprint density at radius 2 is 1.83 bits per heavy atom. The van der Waals surface area contributed by atoms with Gasteiger partial charge in [0.15, 0.2) is 6.10 Å². The lowest BCUT2D eigenvalue weighted by Crippen LogP contribution is -2.51. The Balaban J connectivity index is 1.43. The molecule has 0 unspecified atom stereocenters. The lowest BCUT2D eigenvalue weighted by Gasteiger charge is -2.34. The highest BCUT2D eigenvalue weighted by molar-refractivity contribution is 7.10. The van der Waals surface area contributed by atoms with E-state index in [0.29, 0.717) is 24.4 Å². The number of hydrogen-bond acceptors (Lipinski definition) is 4. The molecule has 1 atom stereocenters. The molecular formula is C23H22N2O3S. The van der Waals surface area contributed by atoms with Crippen molar-refractivity contribution in [1.29, 1.82) is 0 Å². The number of para-hydroxylation sites is 2. The molecule has 1 N–H and O–H groups in total. The normalized spacial score (nSPS) is 15.3. The van der Waals surface area contributed by atoms with Crippen molar-refractivity contribution < 1.29 is 14.3 Å². The maximum Gasteiger partial charge on any atom is 0.262 e. The van der Waals surface area contributed by atoms with Crippen LogP contribution in [0.3, 0.4) is 0 Å². The van der Waals surface area contributed by atoms with Crippen LogP contribution in [0.1, 0.15) is 10.4 Å². The third-order valence-corrected chi connectivity index (χ3v) is 5.70. The second kappa shape index (κ2) is 8.92. The number of hydrogen-bond donors (Lipinski definition) is 1. The van der Waals surface area contributed by atoms with E-state index in [2.05, 4.69) is 5.32 Å². The first-order chi connectivity index (χ1) is 14.2. The summed E-state index contributed by atoms with van der Waals surface area (Å²) in [4.78, 5) is 28.3. The van der Waals surface area contributed by atoms with Crippen LogP contribution in [0.15, 0.2) is 72.1 Å². The number of anilines is 1. The van der Waals surface area contributed by atoms with E-state index in [1.165, 1.54) is 0 Å². The third-order valence-electron chi connectivity index (χ3n) is 4.83. The number of amides is 2. The molecule has 0 radical (unpaired) electrons. The molecule has 0 saturated carbocycles. The van der Waals surface area contributed by atoms with Crippen molar-refractivity contribution in [3.8, 4) is 5.75 Å². The molecular weight excluding hydrogens is 384 g/mol. The third kappa shape index (κ3) is 4.66. The molecule has 1 aliphatic rings. The van der Waals surface area contributed by atoms with E-state index >= 15 is 0 Å². The van der Waals surface area contributed by atoms with Gasteiger partial charge in [-0.3, -0.25) is 9.59 Å². The van der Waals surface area contributed by atoms with Gasteiger partial charge in [-0.05, 0) is 35.6 Å². The smallest absolute Gasteiger partial charge is 0.262 e. The van der Waals surface area contributed by atoms with Crippen molar-refractivity contribution in [2.45, 2.75) is 18.9 Å². The van der Waals surface area contributed by atoms with Gasteiger partial charge in [0.1, 0.15) is 5.75 Å². The molecule has 0 aliphatic carbocycles. The summed E-state index contributed by atoms with van der Waals surface area (Å²) in [5.74, 6) is 0.316. The largest absolute Gasteiger partial charge is 0.477 e. The average Bonchev–Trinajstić information content (AvgIpc) is 3.26. The van der Waals surface area contributed by atoms with Gasteiger partial charge in [-0.2, -0.15) is 0 Å². The van der Waals surface area contributed by atoms with Gasteiger partial charge in [-0.25, -0.2) is 0 Å². The van der Waals surface area contributed by atoms with Gasteiger partial charge in [0.05, 0.1) is 18.7 Å². The van der Waals surface area contributed by atoms with Gasteiger partial charge in [-0.1, -0.05) is 48.5 Å². The summed E-state index contributed by atoms with van der Waals surface area (Å²) in [6.07, 6.45) is 0.332. The molecule has 4 rings (SSSR count). The molecule has 0 saturated heterocycles. The van der Waals surface area contributed by atoms with E-state index in [0.717, 1.165) is 16.9 Å². The number of ether oxygens (including phenoxy) is 1. The Morgan fingerprint density at radius 3 is 2.62 bits per heavy atom. The fraction of sp³-hybridized carbons (Fsp3) is 0.217. The summed E-state index contributed by atoms with van der Waals surface area (Å²) in [5.41, 5.74) is 1.87. The highest BCUT2D eigenvalue weighted by atomic mass is 32.1. The fourth-order valence-electron chi connectivity index (χ4n) is 3.35. The highest BCUT2D eigenvalue weighted by Gasteiger charge is 2.33. The molecule has 3 aromatic rings. The fourth-order valence-corrected chi connectivity index (χ4v) is 4.05. The number of carbonyl (C=O) groups excluding carboxylic acids is 2. The molecule has 1 aliphatic heterocycles. The zero-order valence-electron chi connectivity index (χ0n) is 15.9. The van der Waals surface area contributed by atoms with E-state index in [9.17, 15) is 9.59 Å². The van der Waals surface area contributed by atoms with Crippen LogP contribution in [-0.2, 0) is 22.4 Å². The summed E-state index contributed by atoms with van der Waals surface area (Å²) in [6, 6.07) is 21.2. The molecule has 1 aromatic heterocycles. The average molecular weight is 407 g/mol. The van der Waals surface area contributed by atoms with E-state index in [-0.39, 0.29) is 18.4 Å². The van der Waals surface area contributed by atoms with E-state index in [1.807, 2.05) is 66.0 Å². The van der Waals surface area contributed by atoms with Crippen molar-refractivity contribution in [2.24, 2.45) is 0 Å². The Bertz CT molecular complexity index is 973. The Morgan fingerprint density at radius 1 is 1.03 bits per heavy atom. The molecule has 148 valence electrons. The van der Waals surface area contributed by atoms with Crippen LogP contribution in [-0.4, -0.2) is 31.0 Å². The monoisotopic (exact) mass is 406 g/mol. The molecule has 5 nitrogen and oxygen atoms in total. The van der Waals surface area contributed by atoms with Gasteiger partial charge < -0.3 is 15.0 Å². The van der Waals surface area contributed by atoms with Crippen molar-refractivity contribution in [3.63, 3.8) is 0 Å². The van der Waals surface area contributed by atoms with E-state index in [4.69, 9.17) is 4.74 Å². The van der Waals surface area contributed by atoms with Crippen LogP contribution >= 0.6 is 11.3 Å². The second-order valence-corrected chi connectivity index (χ2v) is 7.89. The Hall–Kier alpha value is -3.12. The Kier molecular flexibility index (Phi) is 5.91. The summed E-state index contributed by atoms with van der Waals surface area (Å²) < 4.78 is 5.91. The predicted octanol–water partition coefficient (Wildman–Crippen LogP) is 3.44. The molecule has 0 fully saturated rings. The van der Waals surface area contributed by atoms with Gasteiger partial charge in [0.2, 0.25) is 5.91 Å². The van der Waals surface area contributed by atoms with Crippen LogP contribution < -0.4 is 15.0 Å².